The normalized spacial score (nSPS) is 14.6. The van der Waals surface area contributed by atoms with Crippen LogP contribution in [0.5, 0.6) is 0 Å². The highest BCUT2D eigenvalue weighted by molar-refractivity contribution is 7.89. The maximum Gasteiger partial charge on any atom is 0.436 e. The minimum Gasteiger partial charge on any atom is -0.371 e. The van der Waals surface area contributed by atoms with Crippen LogP contribution in [-0.2, 0) is 14.8 Å². The summed E-state index contributed by atoms with van der Waals surface area (Å²) in [6, 6.07) is 6.90. The van der Waals surface area contributed by atoms with Crippen molar-refractivity contribution in [2.75, 3.05) is 7.05 Å². The van der Waals surface area contributed by atoms with Crippen LogP contribution in [0.25, 0.3) is 0 Å². The number of ether oxygens (including phenoxy) is 1. The molecular formula is C20H23N3O6S2. The molecule has 1 aliphatic rings. The number of esters is 1. The van der Waals surface area contributed by atoms with Gasteiger partial charge in [-0.2, -0.15) is 11.3 Å². The lowest BCUT2D eigenvalue weighted by Crippen LogP contribution is -2.44. The Morgan fingerprint density at radius 1 is 1.10 bits per heavy atom. The van der Waals surface area contributed by atoms with Gasteiger partial charge in [0.15, 0.2) is 0 Å². The van der Waals surface area contributed by atoms with E-state index >= 15 is 0 Å². The predicted molar refractivity (Wildman–Crippen MR) is 114 cm³/mol. The minimum atomic E-state index is -3.78. The predicted octanol–water partition coefficient (Wildman–Crippen LogP) is 2.91. The smallest absolute Gasteiger partial charge is 0.371 e. The van der Waals surface area contributed by atoms with Crippen LogP contribution in [0.3, 0.4) is 0 Å². The number of hydrazine groups is 1. The fraction of sp³-hybridized carbons (Fsp3) is 0.350. The van der Waals surface area contributed by atoms with Crippen molar-refractivity contribution < 1.29 is 27.5 Å². The number of hydrogen-bond donors (Lipinski definition) is 2. The Morgan fingerprint density at radius 3 is 2.52 bits per heavy atom. The quantitative estimate of drug-likeness (QED) is 0.398. The second-order valence-corrected chi connectivity index (χ2v) is 9.65. The lowest BCUT2D eigenvalue weighted by molar-refractivity contribution is 0.0498. The van der Waals surface area contributed by atoms with Crippen molar-refractivity contribution in [1.29, 1.82) is 0 Å². The first-order valence-corrected chi connectivity index (χ1v) is 12.1. The molecule has 0 radical (unpaired) electrons. The van der Waals surface area contributed by atoms with Crippen LogP contribution in [0.15, 0.2) is 46.0 Å². The molecule has 2 aromatic rings. The molecule has 1 aromatic heterocycles. The molecule has 3 rings (SSSR count). The van der Waals surface area contributed by atoms with Crippen LogP contribution in [-0.4, -0.2) is 44.5 Å². The van der Waals surface area contributed by atoms with E-state index in [9.17, 15) is 22.8 Å². The van der Waals surface area contributed by atoms with Gasteiger partial charge in [0.1, 0.15) is 0 Å². The van der Waals surface area contributed by atoms with E-state index < -0.39 is 28.0 Å². The number of nitrogens with one attached hydrogen (secondary N) is 2. The largest absolute Gasteiger partial charge is 0.436 e. The number of carbonyl (C=O) groups is 3. The molecule has 1 heterocycles. The third-order valence-electron chi connectivity index (χ3n) is 4.81. The molecular weight excluding hydrogens is 442 g/mol. The van der Waals surface area contributed by atoms with Gasteiger partial charge in [0.05, 0.1) is 10.5 Å². The summed E-state index contributed by atoms with van der Waals surface area (Å²) in [6.07, 6.45) is 3.56. The number of amides is 2. The summed E-state index contributed by atoms with van der Waals surface area (Å²) >= 11 is 1.28. The summed E-state index contributed by atoms with van der Waals surface area (Å²) in [5.74, 6) is -1.56. The highest BCUT2D eigenvalue weighted by Gasteiger charge is 2.24. The van der Waals surface area contributed by atoms with Crippen molar-refractivity contribution in [3.63, 3.8) is 0 Å². The first kappa shape index (κ1) is 22.9. The van der Waals surface area contributed by atoms with Crippen LogP contribution in [0.1, 0.15) is 52.8 Å². The summed E-state index contributed by atoms with van der Waals surface area (Å²) in [5.41, 5.74) is 2.52. The Hall–Kier alpha value is -2.76. The number of sulfonamides is 1. The standard InChI is InChI=1S/C20H23N3O6S2/c1-23(20(26)29-19(25)15-10-11-30-13-15)21-18(24)14-6-5-9-17(12-14)31(27,28)22-16-7-3-2-4-8-16/h5-6,9-13,16,22H,2-4,7-8H2,1H3,(H,21,24). The van der Waals surface area contributed by atoms with E-state index in [4.69, 9.17) is 0 Å². The molecule has 2 N–H and O–H groups in total. The highest BCUT2D eigenvalue weighted by Crippen LogP contribution is 2.20. The molecule has 1 fully saturated rings. The third-order valence-corrected chi connectivity index (χ3v) is 7.01. The monoisotopic (exact) mass is 465 g/mol. The molecule has 0 saturated heterocycles. The van der Waals surface area contributed by atoms with Crippen LogP contribution in [0.4, 0.5) is 4.79 Å². The molecule has 1 saturated carbocycles. The van der Waals surface area contributed by atoms with Gasteiger partial charge in [0, 0.05) is 24.0 Å². The molecule has 0 unspecified atom stereocenters. The number of hydrogen-bond acceptors (Lipinski definition) is 7. The fourth-order valence-electron chi connectivity index (χ4n) is 3.16. The molecule has 1 aliphatic carbocycles. The third kappa shape index (κ3) is 6.12. The van der Waals surface area contributed by atoms with E-state index in [1.54, 1.807) is 5.38 Å². The molecule has 0 atom stereocenters. The fourth-order valence-corrected chi connectivity index (χ4v) is 5.14. The highest BCUT2D eigenvalue weighted by atomic mass is 32.2. The van der Waals surface area contributed by atoms with Crippen molar-refractivity contribution >= 4 is 39.3 Å². The summed E-state index contributed by atoms with van der Waals surface area (Å²) < 4.78 is 32.7. The van der Waals surface area contributed by atoms with E-state index in [1.807, 2.05) is 0 Å². The van der Waals surface area contributed by atoms with Gasteiger partial charge in [0.25, 0.3) is 5.91 Å². The average molecular weight is 466 g/mol. The van der Waals surface area contributed by atoms with Gasteiger partial charge >= 0.3 is 12.1 Å². The zero-order chi connectivity index (χ0) is 22.4. The summed E-state index contributed by atoms with van der Waals surface area (Å²) in [4.78, 5) is 36.3. The average Bonchev–Trinajstić information content (AvgIpc) is 3.29. The molecule has 0 bridgehead atoms. The van der Waals surface area contributed by atoms with Crippen molar-refractivity contribution in [2.24, 2.45) is 0 Å². The summed E-state index contributed by atoms with van der Waals surface area (Å²) in [6.45, 7) is 0. The molecule has 0 aliphatic heterocycles. The Bertz CT molecular complexity index is 1050. The van der Waals surface area contributed by atoms with Crippen molar-refractivity contribution in [1.82, 2.24) is 15.2 Å². The first-order valence-electron chi connectivity index (χ1n) is 9.72. The van der Waals surface area contributed by atoms with Gasteiger partial charge in [-0.05, 0) is 42.5 Å². The van der Waals surface area contributed by atoms with E-state index in [0.29, 0.717) is 5.01 Å². The molecule has 31 heavy (non-hydrogen) atoms. The number of carbonyl (C=O) groups excluding carboxylic acids is 3. The maximum atomic E-state index is 12.7. The van der Waals surface area contributed by atoms with E-state index in [1.165, 1.54) is 54.1 Å². The Balaban J connectivity index is 1.62. The lowest BCUT2D eigenvalue weighted by Gasteiger charge is -2.22. The summed E-state index contributed by atoms with van der Waals surface area (Å²) in [7, 11) is -2.57. The van der Waals surface area contributed by atoms with Crippen molar-refractivity contribution in [2.45, 2.75) is 43.0 Å². The number of nitrogens with zero attached hydrogens (tertiary/aromatic N) is 1. The zero-order valence-electron chi connectivity index (χ0n) is 16.9. The second-order valence-electron chi connectivity index (χ2n) is 7.15. The number of benzene rings is 1. The van der Waals surface area contributed by atoms with Gasteiger partial charge in [-0.25, -0.2) is 27.7 Å². The van der Waals surface area contributed by atoms with Crippen LogP contribution >= 0.6 is 11.3 Å². The minimum absolute atomic E-state index is 0.0373. The molecule has 166 valence electrons. The maximum absolute atomic E-state index is 12.7. The van der Waals surface area contributed by atoms with Crippen LogP contribution in [0, 0.1) is 0 Å². The molecule has 9 nitrogen and oxygen atoms in total. The van der Waals surface area contributed by atoms with Gasteiger partial charge in [0.2, 0.25) is 10.0 Å². The molecule has 1 aromatic carbocycles. The van der Waals surface area contributed by atoms with Gasteiger partial charge in [-0.15, -0.1) is 0 Å². The molecule has 11 heteroatoms. The van der Waals surface area contributed by atoms with E-state index in [2.05, 4.69) is 14.9 Å². The Labute approximate surface area is 184 Å². The van der Waals surface area contributed by atoms with Crippen LogP contribution in [0.2, 0.25) is 0 Å². The number of thiophene rings is 1. The zero-order valence-corrected chi connectivity index (χ0v) is 18.5. The van der Waals surface area contributed by atoms with Crippen molar-refractivity contribution in [3.8, 4) is 0 Å². The SMILES string of the molecule is CN(NC(=O)c1cccc(S(=O)(=O)NC2CCCCC2)c1)C(=O)OC(=O)c1ccsc1. The van der Waals surface area contributed by atoms with Gasteiger partial charge in [-0.3, -0.25) is 10.2 Å². The second kappa shape index (κ2) is 10.0. The Kier molecular flexibility index (Phi) is 7.42. The van der Waals surface area contributed by atoms with Crippen LogP contribution < -0.4 is 10.1 Å². The number of rotatable bonds is 5. The first-order chi connectivity index (χ1) is 14.8. The van der Waals surface area contributed by atoms with E-state index in [0.717, 1.165) is 32.1 Å². The molecule has 0 spiro atoms. The Morgan fingerprint density at radius 2 is 1.84 bits per heavy atom. The van der Waals surface area contributed by atoms with Gasteiger partial charge < -0.3 is 4.74 Å². The van der Waals surface area contributed by atoms with Crippen molar-refractivity contribution in [3.05, 3.63) is 52.2 Å². The summed E-state index contributed by atoms with van der Waals surface area (Å²) in [5, 5.41) is 3.91. The topological polar surface area (TPSA) is 122 Å². The lowest BCUT2D eigenvalue weighted by atomic mass is 9.96. The molecule has 2 amide bonds. The van der Waals surface area contributed by atoms with E-state index in [-0.39, 0.29) is 22.1 Å². The van der Waals surface area contributed by atoms with Gasteiger partial charge in [-0.1, -0.05) is 25.3 Å².